The Hall–Kier alpha value is -0.670. The topological polar surface area (TPSA) is 21.3 Å². The van der Waals surface area contributed by atoms with Crippen molar-refractivity contribution in [1.82, 2.24) is 5.32 Å². The Morgan fingerprint density at radius 2 is 2.00 bits per heavy atom. The van der Waals surface area contributed by atoms with Crippen LogP contribution in [0.25, 0.3) is 0 Å². The molecular weight excluding hydrogens is 278 g/mol. The minimum atomic E-state index is 0.227. The van der Waals surface area contributed by atoms with Gasteiger partial charge < -0.3 is 10.1 Å². The van der Waals surface area contributed by atoms with Crippen molar-refractivity contribution in [3.05, 3.63) is 29.8 Å². The van der Waals surface area contributed by atoms with Gasteiger partial charge in [-0.2, -0.15) is 11.8 Å². The molecule has 0 bridgehead atoms. The molecule has 1 fully saturated rings. The van der Waals surface area contributed by atoms with Gasteiger partial charge in [0.2, 0.25) is 0 Å². The number of benzene rings is 1. The first-order valence-corrected chi connectivity index (χ1v) is 9.29. The number of nitrogens with one attached hydrogen (secondary N) is 1. The second-order valence-electron chi connectivity index (χ2n) is 6.17. The Labute approximate surface area is 134 Å². The van der Waals surface area contributed by atoms with E-state index in [9.17, 15) is 0 Å². The van der Waals surface area contributed by atoms with Crippen LogP contribution in [0, 0.1) is 0 Å². The second-order valence-corrected chi connectivity index (χ2v) is 7.51. The summed E-state index contributed by atoms with van der Waals surface area (Å²) in [7, 11) is 2.06. The van der Waals surface area contributed by atoms with Crippen LogP contribution in [0.1, 0.15) is 57.6 Å². The van der Waals surface area contributed by atoms with E-state index in [2.05, 4.69) is 56.2 Å². The van der Waals surface area contributed by atoms with Crippen molar-refractivity contribution in [2.24, 2.45) is 0 Å². The van der Waals surface area contributed by atoms with Gasteiger partial charge in [-0.15, -0.1) is 0 Å². The van der Waals surface area contributed by atoms with E-state index in [1.165, 1.54) is 37.7 Å². The average Bonchev–Trinajstić information content (AvgIpc) is 2.49. The Bertz CT molecular complexity index is 415. The van der Waals surface area contributed by atoms with Gasteiger partial charge in [-0.25, -0.2) is 0 Å². The van der Waals surface area contributed by atoms with E-state index in [0.717, 1.165) is 16.8 Å². The highest BCUT2D eigenvalue weighted by molar-refractivity contribution is 7.99. The van der Waals surface area contributed by atoms with Gasteiger partial charge in [-0.1, -0.05) is 31.4 Å². The van der Waals surface area contributed by atoms with E-state index in [-0.39, 0.29) is 6.10 Å². The predicted octanol–water partition coefficient (Wildman–Crippen LogP) is 4.80. The second kappa shape index (κ2) is 8.70. The third kappa shape index (κ3) is 5.55. The smallest absolute Gasteiger partial charge is 0.120 e. The molecule has 1 atom stereocenters. The van der Waals surface area contributed by atoms with Crippen LogP contribution in [0.2, 0.25) is 0 Å². The highest BCUT2D eigenvalue weighted by atomic mass is 32.2. The van der Waals surface area contributed by atoms with Crippen LogP contribution in [0.4, 0.5) is 0 Å². The lowest BCUT2D eigenvalue weighted by molar-refractivity contribution is 0.242. The van der Waals surface area contributed by atoms with Crippen LogP contribution in [0.15, 0.2) is 24.3 Å². The van der Waals surface area contributed by atoms with Crippen molar-refractivity contribution in [2.45, 2.75) is 63.3 Å². The highest BCUT2D eigenvalue weighted by Crippen LogP contribution is 2.31. The van der Waals surface area contributed by atoms with Crippen molar-refractivity contribution >= 4 is 11.8 Å². The van der Waals surface area contributed by atoms with Gasteiger partial charge in [0.15, 0.2) is 0 Å². The molecule has 118 valence electrons. The first kappa shape index (κ1) is 16.7. The maximum absolute atomic E-state index is 5.81. The SMILES string of the molecule is CNC(CSC1CCCCC1)c1cccc(OC(C)C)c1. The molecule has 1 aliphatic rings. The minimum absolute atomic E-state index is 0.227. The lowest BCUT2D eigenvalue weighted by Gasteiger charge is -2.24. The molecule has 3 heteroatoms. The van der Waals surface area contributed by atoms with Crippen LogP contribution >= 0.6 is 11.8 Å². The fourth-order valence-corrected chi connectivity index (χ4v) is 4.38. The molecule has 0 spiro atoms. The largest absolute Gasteiger partial charge is 0.491 e. The van der Waals surface area contributed by atoms with Crippen molar-refractivity contribution < 1.29 is 4.74 Å². The molecule has 0 aromatic heterocycles. The van der Waals surface area contributed by atoms with Crippen molar-refractivity contribution in [3.63, 3.8) is 0 Å². The fourth-order valence-electron chi connectivity index (χ4n) is 2.89. The number of thioether (sulfide) groups is 1. The summed E-state index contributed by atoms with van der Waals surface area (Å²) in [5.74, 6) is 2.12. The molecule has 1 aromatic rings. The monoisotopic (exact) mass is 307 g/mol. The van der Waals surface area contributed by atoms with Crippen LogP contribution in [0.5, 0.6) is 5.75 Å². The molecule has 0 radical (unpaired) electrons. The summed E-state index contributed by atoms with van der Waals surface area (Å²) in [5, 5.41) is 4.33. The molecule has 0 amide bonds. The number of hydrogen-bond donors (Lipinski definition) is 1. The summed E-state index contributed by atoms with van der Waals surface area (Å²) >= 11 is 2.14. The van der Waals surface area contributed by atoms with Gasteiger partial charge in [0.05, 0.1) is 6.10 Å². The molecule has 1 N–H and O–H groups in total. The molecular formula is C18H29NOS. The molecule has 0 aliphatic heterocycles. The Morgan fingerprint density at radius 3 is 2.67 bits per heavy atom. The zero-order valence-electron chi connectivity index (χ0n) is 13.6. The van der Waals surface area contributed by atoms with Crippen LogP contribution < -0.4 is 10.1 Å². The number of hydrogen-bond acceptors (Lipinski definition) is 3. The van der Waals surface area contributed by atoms with Crippen molar-refractivity contribution in [2.75, 3.05) is 12.8 Å². The minimum Gasteiger partial charge on any atom is -0.491 e. The van der Waals surface area contributed by atoms with Crippen LogP contribution in [-0.2, 0) is 0 Å². The predicted molar refractivity (Wildman–Crippen MR) is 93.3 cm³/mol. The third-order valence-electron chi connectivity index (χ3n) is 4.03. The lowest BCUT2D eigenvalue weighted by atomic mass is 10.0. The summed E-state index contributed by atoms with van der Waals surface area (Å²) in [5.41, 5.74) is 1.33. The molecule has 2 nitrogen and oxygen atoms in total. The van der Waals surface area contributed by atoms with Crippen molar-refractivity contribution in [1.29, 1.82) is 0 Å². The van der Waals surface area contributed by atoms with E-state index in [4.69, 9.17) is 4.74 Å². The third-order valence-corrected chi connectivity index (χ3v) is 5.50. The van der Waals surface area contributed by atoms with Crippen LogP contribution in [-0.4, -0.2) is 24.2 Å². The normalized spacial score (nSPS) is 17.9. The van der Waals surface area contributed by atoms with Gasteiger partial charge in [0, 0.05) is 17.0 Å². The molecule has 2 rings (SSSR count). The van der Waals surface area contributed by atoms with E-state index < -0.39 is 0 Å². The van der Waals surface area contributed by atoms with E-state index >= 15 is 0 Å². The number of rotatable bonds is 7. The Kier molecular flexibility index (Phi) is 6.91. The molecule has 0 saturated heterocycles. The first-order chi connectivity index (χ1) is 10.2. The fraction of sp³-hybridized carbons (Fsp3) is 0.667. The highest BCUT2D eigenvalue weighted by Gasteiger charge is 2.17. The summed E-state index contributed by atoms with van der Waals surface area (Å²) in [6.07, 6.45) is 7.29. The molecule has 1 unspecified atom stereocenters. The standard InChI is InChI=1S/C18H29NOS/c1-14(2)20-16-9-7-8-15(12-16)18(19-3)13-21-17-10-5-4-6-11-17/h7-9,12,14,17-19H,4-6,10-11,13H2,1-3H3. The van der Waals surface area contributed by atoms with E-state index in [1.54, 1.807) is 0 Å². The maximum atomic E-state index is 5.81. The van der Waals surface area contributed by atoms with E-state index in [1.807, 2.05) is 6.07 Å². The van der Waals surface area contributed by atoms with Gasteiger partial charge in [0.25, 0.3) is 0 Å². The molecule has 1 saturated carbocycles. The Morgan fingerprint density at radius 1 is 1.24 bits per heavy atom. The first-order valence-electron chi connectivity index (χ1n) is 8.24. The molecule has 1 aliphatic carbocycles. The average molecular weight is 308 g/mol. The molecule has 21 heavy (non-hydrogen) atoms. The summed E-state index contributed by atoms with van der Waals surface area (Å²) in [6.45, 7) is 4.14. The zero-order chi connectivity index (χ0) is 15.1. The van der Waals surface area contributed by atoms with Gasteiger partial charge in [0.1, 0.15) is 5.75 Å². The lowest BCUT2D eigenvalue weighted by Crippen LogP contribution is -2.21. The zero-order valence-corrected chi connectivity index (χ0v) is 14.4. The van der Waals surface area contributed by atoms with Crippen molar-refractivity contribution in [3.8, 4) is 5.75 Å². The quantitative estimate of drug-likeness (QED) is 0.782. The van der Waals surface area contributed by atoms with Gasteiger partial charge in [-0.05, 0) is 51.4 Å². The van der Waals surface area contributed by atoms with Gasteiger partial charge >= 0.3 is 0 Å². The van der Waals surface area contributed by atoms with Crippen LogP contribution in [0.3, 0.4) is 0 Å². The summed E-state index contributed by atoms with van der Waals surface area (Å²) in [6, 6.07) is 8.94. The Balaban J connectivity index is 1.92. The molecule has 1 aromatic carbocycles. The summed E-state index contributed by atoms with van der Waals surface area (Å²) in [4.78, 5) is 0. The maximum Gasteiger partial charge on any atom is 0.120 e. The van der Waals surface area contributed by atoms with E-state index in [0.29, 0.717) is 6.04 Å². The van der Waals surface area contributed by atoms with Gasteiger partial charge in [-0.3, -0.25) is 0 Å². The summed E-state index contributed by atoms with van der Waals surface area (Å²) < 4.78 is 5.81. The number of ether oxygens (including phenoxy) is 1. The molecule has 0 heterocycles.